The molecule has 0 radical (unpaired) electrons. The first kappa shape index (κ1) is 13.5. The topological polar surface area (TPSA) is 62.4 Å². The molecule has 1 saturated heterocycles. The van der Waals surface area contributed by atoms with Gasteiger partial charge in [0, 0.05) is 31.5 Å². The standard InChI is InChI=1S/C14H23N3O/c1-14(18)5-2-9-17(10-6-14)13(11-15)12-3-7-16-8-4-12/h3-4,7-8,13,18H,2,5-6,9-11,15H2,1H3. The Morgan fingerprint density at radius 2 is 2.11 bits per heavy atom. The van der Waals surface area contributed by atoms with Crippen LogP contribution in [-0.2, 0) is 0 Å². The molecule has 2 atom stereocenters. The Kier molecular flexibility index (Phi) is 4.32. The summed E-state index contributed by atoms with van der Waals surface area (Å²) in [5, 5.41) is 10.1. The van der Waals surface area contributed by atoms with Crippen molar-refractivity contribution in [2.45, 2.75) is 37.8 Å². The first-order valence-electron chi connectivity index (χ1n) is 6.69. The molecule has 1 fully saturated rings. The van der Waals surface area contributed by atoms with E-state index in [9.17, 15) is 5.11 Å². The van der Waals surface area contributed by atoms with Gasteiger partial charge in [-0.25, -0.2) is 0 Å². The summed E-state index contributed by atoms with van der Waals surface area (Å²) in [7, 11) is 0. The molecule has 0 aromatic carbocycles. The molecule has 2 unspecified atom stereocenters. The maximum atomic E-state index is 10.1. The van der Waals surface area contributed by atoms with Crippen LogP contribution in [0.1, 0.15) is 37.8 Å². The van der Waals surface area contributed by atoms with Crippen LogP contribution >= 0.6 is 0 Å². The van der Waals surface area contributed by atoms with E-state index in [-0.39, 0.29) is 6.04 Å². The van der Waals surface area contributed by atoms with Crippen LogP contribution in [0, 0.1) is 0 Å². The molecule has 0 saturated carbocycles. The zero-order valence-electron chi connectivity index (χ0n) is 11.0. The molecule has 2 heterocycles. The Hall–Kier alpha value is -0.970. The lowest BCUT2D eigenvalue weighted by atomic mass is 9.98. The number of likely N-dealkylation sites (tertiary alicyclic amines) is 1. The van der Waals surface area contributed by atoms with E-state index >= 15 is 0 Å². The zero-order valence-corrected chi connectivity index (χ0v) is 11.0. The summed E-state index contributed by atoms with van der Waals surface area (Å²) in [4.78, 5) is 6.44. The van der Waals surface area contributed by atoms with Gasteiger partial charge in [-0.1, -0.05) is 0 Å². The van der Waals surface area contributed by atoms with Crippen LogP contribution in [0.4, 0.5) is 0 Å². The number of hydrogen-bond acceptors (Lipinski definition) is 4. The molecule has 4 nitrogen and oxygen atoms in total. The van der Waals surface area contributed by atoms with E-state index in [2.05, 4.69) is 9.88 Å². The smallest absolute Gasteiger partial charge is 0.0632 e. The van der Waals surface area contributed by atoms with Crippen molar-refractivity contribution in [3.8, 4) is 0 Å². The Bertz CT molecular complexity index is 367. The zero-order chi connectivity index (χ0) is 13.0. The van der Waals surface area contributed by atoms with Gasteiger partial charge in [0.05, 0.1) is 5.60 Å². The van der Waals surface area contributed by atoms with Crippen LogP contribution < -0.4 is 5.73 Å². The SMILES string of the molecule is CC1(O)CCCN(C(CN)c2ccncc2)CC1. The predicted molar refractivity (Wildman–Crippen MR) is 72.1 cm³/mol. The van der Waals surface area contributed by atoms with Crippen molar-refractivity contribution in [2.75, 3.05) is 19.6 Å². The number of hydrogen-bond donors (Lipinski definition) is 2. The second-order valence-corrected chi connectivity index (χ2v) is 5.42. The van der Waals surface area contributed by atoms with Gasteiger partial charge in [0.2, 0.25) is 0 Å². The van der Waals surface area contributed by atoms with E-state index in [1.807, 2.05) is 31.5 Å². The van der Waals surface area contributed by atoms with E-state index in [4.69, 9.17) is 5.73 Å². The molecule has 100 valence electrons. The van der Waals surface area contributed by atoms with E-state index < -0.39 is 5.60 Å². The summed E-state index contributed by atoms with van der Waals surface area (Å²) in [6, 6.07) is 4.29. The van der Waals surface area contributed by atoms with Crippen LogP contribution in [-0.4, -0.2) is 40.2 Å². The van der Waals surface area contributed by atoms with Crippen molar-refractivity contribution >= 4 is 0 Å². The van der Waals surface area contributed by atoms with Crippen LogP contribution in [0.25, 0.3) is 0 Å². The number of pyridine rings is 1. The first-order chi connectivity index (χ1) is 8.62. The highest BCUT2D eigenvalue weighted by Gasteiger charge is 2.28. The molecular weight excluding hydrogens is 226 g/mol. The van der Waals surface area contributed by atoms with E-state index in [1.54, 1.807) is 0 Å². The molecule has 3 N–H and O–H groups in total. The average molecular weight is 249 g/mol. The van der Waals surface area contributed by atoms with E-state index in [1.165, 1.54) is 5.56 Å². The van der Waals surface area contributed by atoms with Crippen LogP contribution in [0.5, 0.6) is 0 Å². The Morgan fingerprint density at radius 1 is 1.39 bits per heavy atom. The summed E-state index contributed by atoms with van der Waals surface area (Å²) < 4.78 is 0. The third kappa shape index (κ3) is 3.28. The lowest BCUT2D eigenvalue weighted by molar-refractivity contribution is 0.0431. The monoisotopic (exact) mass is 249 g/mol. The van der Waals surface area contributed by atoms with Crippen molar-refractivity contribution in [1.29, 1.82) is 0 Å². The van der Waals surface area contributed by atoms with Gasteiger partial charge < -0.3 is 10.8 Å². The number of aromatic nitrogens is 1. The van der Waals surface area contributed by atoms with Crippen molar-refractivity contribution in [3.05, 3.63) is 30.1 Å². The summed E-state index contributed by atoms with van der Waals surface area (Å²) in [6.45, 7) is 4.43. The summed E-state index contributed by atoms with van der Waals surface area (Å²) in [5.74, 6) is 0. The Balaban J connectivity index is 2.09. The van der Waals surface area contributed by atoms with Crippen LogP contribution in [0.2, 0.25) is 0 Å². The first-order valence-corrected chi connectivity index (χ1v) is 6.69. The highest BCUT2D eigenvalue weighted by molar-refractivity contribution is 5.15. The molecule has 1 aliphatic rings. The Labute approximate surface area is 109 Å². The number of rotatable bonds is 3. The van der Waals surface area contributed by atoms with E-state index in [0.717, 1.165) is 32.4 Å². The van der Waals surface area contributed by atoms with Gasteiger partial charge in [-0.05, 0) is 50.4 Å². The van der Waals surface area contributed by atoms with Crippen LogP contribution in [0.15, 0.2) is 24.5 Å². The highest BCUT2D eigenvalue weighted by Crippen LogP contribution is 2.27. The minimum atomic E-state index is -0.522. The predicted octanol–water partition coefficient (Wildman–Crippen LogP) is 1.32. The lowest BCUT2D eigenvalue weighted by Gasteiger charge is -2.30. The van der Waals surface area contributed by atoms with Crippen molar-refractivity contribution < 1.29 is 5.11 Å². The quantitative estimate of drug-likeness (QED) is 0.848. The summed E-state index contributed by atoms with van der Waals surface area (Å²) in [6.07, 6.45) is 6.33. The summed E-state index contributed by atoms with van der Waals surface area (Å²) in [5.41, 5.74) is 6.62. The summed E-state index contributed by atoms with van der Waals surface area (Å²) >= 11 is 0. The molecule has 4 heteroatoms. The van der Waals surface area contributed by atoms with Gasteiger partial charge in [-0.3, -0.25) is 9.88 Å². The second-order valence-electron chi connectivity index (χ2n) is 5.42. The van der Waals surface area contributed by atoms with Gasteiger partial charge in [-0.2, -0.15) is 0 Å². The molecule has 0 amide bonds. The molecular formula is C14H23N3O. The highest BCUT2D eigenvalue weighted by atomic mass is 16.3. The number of nitrogens with zero attached hydrogens (tertiary/aromatic N) is 2. The van der Waals surface area contributed by atoms with E-state index in [0.29, 0.717) is 6.54 Å². The van der Waals surface area contributed by atoms with Crippen molar-refractivity contribution in [2.24, 2.45) is 5.73 Å². The molecule has 2 rings (SSSR count). The van der Waals surface area contributed by atoms with Gasteiger partial charge >= 0.3 is 0 Å². The van der Waals surface area contributed by atoms with Gasteiger partial charge in [0.25, 0.3) is 0 Å². The van der Waals surface area contributed by atoms with Gasteiger partial charge in [0.15, 0.2) is 0 Å². The van der Waals surface area contributed by atoms with Crippen molar-refractivity contribution in [3.63, 3.8) is 0 Å². The fraction of sp³-hybridized carbons (Fsp3) is 0.643. The van der Waals surface area contributed by atoms with Gasteiger partial charge in [-0.15, -0.1) is 0 Å². The molecule has 0 bridgehead atoms. The minimum absolute atomic E-state index is 0.238. The number of aliphatic hydroxyl groups is 1. The molecule has 1 aliphatic heterocycles. The van der Waals surface area contributed by atoms with Gasteiger partial charge in [0.1, 0.15) is 0 Å². The average Bonchev–Trinajstić information content (AvgIpc) is 2.54. The molecule has 0 aliphatic carbocycles. The third-order valence-electron chi connectivity index (χ3n) is 3.85. The van der Waals surface area contributed by atoms with Crippen molar-refractivity contribution in [1.82, 2.24) is 9.88 Å². The second kappa shape index (κ2) is 5.78. The lowest BCUT2D eigenvalue weighted by Crippen LogP contribution is -2.35. The fourth-order valence-corrected chi connectivity index (χ4v) is 2.68. The molecule has 0 spiro atoms. The number of nitrogens with two attached hydrogens (primary N) is 1. The fourth-order valence-electron chi connectivity index (χ4n) is 2.68. The minimum Gasteiger partial charge on any atom is -0.390 e. The third-order valence-corrected chi connectivity index (χ3v) is 3.85. The molecule has 1 aromatic rings. The molecule has 1 aromatic heterocycles. The maximum Gasteiger partial charge on any atom is 0.0632 e. The Morgan fingerprint density at radius 3 is 2.78 bits per heavy atom. The maximum absolute atomic E-state index is 10.1. The largest absolute Gasteiger partial charge is 0.390 e. The normalized spacial score (nSPS) is 27.7. The van der Waals surface area contributed by atoms with Crippen LogP contribution in [0.3, 0.4) is 0 Å². The molecule has 18 heavy (non-hydrogen) atoms.